The van der Waals surface area contributed by atoms with Gasteiger partial charge in [-0.25, -0.2) is 0 Å². The lowest BCUT2D eigenvalue weighted by molar-refractivity contribution is -0.125. The number of hydrogen-bond acceptors (Lipinski definition) is 4. The van der Waals surface area contributed by atoms with Crippen LogP contribution in [0.2, 0.25) is 0 Å². The molecule has 0 radical (unpaired) electrons. The highest BCUT2D eigenvalue weighted by molar-refractivity contribution is 8.15. The number of benzene rings is 2. The van der Waals surface area contributed by atoms with E-state index in [1.54, 1.807) is 17.2 Å². The molecule has 0 saturated carbocycles. The average Bonchev–Trinajstić information content (AvgIpc) is 2.93. The molecule has 1 amide bonds. The van der Waals surface area contributed by atoms with Gasteiger partial charge in [-0.15, -0.1) is 11.7 Å². The second-order valence-corrected chi connectivity index (χ2v) is 6.74. The first-order valence-electron chi connectivity index (χ1n) is 8.07. The first kappa shape index (κ1) is 17.2. The summed E-state index contributed by atoms with van der Waals surface area (Å²) < 4.78 is 0. The van der Waals surface area contributed by atoms with E-state index in [4.69, 9.17) is 0 Å². The zero-order chi connectivity index (χ0) is 17.5. The molecule has 5 heteroatoms. The van der Waals surface area contributed by atoms with Crippen molar-refractivity contribution >= 4 is 29.1 Å². The number of carbonyl (C=O) groups is 1. The maximum absolute atomic E-state index is 12.7. The summed E-state index contributed by atoms with van der Waals surface area (Å²) in [5.74, 6) is 0.0578. The predicted molar refractivity (Wildman–Crippen MR) is 105 cm³/mol. The minimum atomic E-state index is -0.173. The fraction of sp³-hybridized carbons (Fsp3) is 0.150. The maximum Gasteiger partial charge on any atom is 0.242 e. The van der Waals surface area contributed by atoms with Crippen molar-refractivity contribution in [3.8, 4) is 0 Å². The smallest absolute Gasteiger partial charge is 0.242 e. The molecule has 0 bridgehead atoms. The Morgan fingerprint density at radius 3 is 2.44 bits per heavy atom. The normalized spacial score (nSPS) is 19.0. The summed E-state index contributed by atoms with van der Waals surface area (Å²) in [5, 5.41) is 8.86. The van der Waals surface area contributed by atoms with Gasteiger partial charge in [0.2, 0.25) is 5.91 Å². The minimum Gasteiger partial charge on any atom is -0.285 e. The third-order valence-corrected chi connectivity index (χ3v) is 4.91. The van der Waals surface area contributed by atoms with E-state index in [1.165, 1.54) is 11.8 Å². The number of hydrogen-bond donors (Lipinski definition) is 0. The molecule has 126 valence electrons. The van der Waals surface area contributed by atoms with Crippen molar-refractivity contribution in [1.82, 2.24) is 4.90 Å². The van der Waals surface area contributed by atoms with Crippen molar-refractivity contribution in [2.75, 3.05) is 6.54 Å². The number of thioether (sulfide) groups is 1. The van der Waals surface area contributed by atoms with Crippen molar-refractivity contribution in [1.29, 1.82) is 0 Å². The summed E-state index contributed by atoms with van der Waals surface area (Å²) in [4.78, 5) is 14.3. The second kappa shape index (κ2) is 8.44. The van der Waals surface area contributed by atoms with Gasteiger partial charge in [0.05, 0.1) is 11.5 Å². The number of amides is 1. The summed E-state index contributed by atoms with van der Waals surface area (Å²) in [7, 11) is 0. The Hall–Kier alpha value is -2.66. The van der Waals surface area contributed by atoms with E-state index in [9.17, 15) is 4.79 Å². The van der Waals surface area contributed by atoms with Gasteiger partial charge in [-0.3, -0.25) is 9.69 Å². The summed E-state index contributed by atoms with van der Waals surface area (Å²) >= 11 is 1.46. The zero-order valence-electron chi connectivity index (χ0n) is 13.8. The van der Waals surface area contributed by atoms with Crippen molar-refractivity contribution in [2.24, 2.45) is 10.2 Å². The molecule has 0 aromatic heterocycles. The van der Waals surface area contributed by atoms with Crippen molar-refractivity contribution in [3.63, 3.8) is 0 Å². The van der Waals surface area contributed by atoms with Gasteiger partial charge >= 0.3 is 0 Å². The number of amidine groups is 1. The van der Waals surface area contributed by atoms with E-state index in [0.29, 0.717) is 18.1 Å². The lowest BCUT2D eigenvalue weighted by Crippen LogP contribution is -2.32. The van der Waals surface area contributed by atoms with Gasteiger partial charge in [0.15, 0.2) is 5.17 Å². The SMILES string of the molecule is C=CCN1C(=O)[C@H](Cc2ccccc2)S/C1=N/N=C\c1ccccc1. The Balaban J connectivity index is 1.75. The molecular formula is C20H19N3OS. The molecule has 0 N–H and O–H groups in total. The monoisotopic (exact) mass is 349 g/mol. The highest BCUT2D eigenvalue weighted by atomic mass is 32.2. The topological polar surface area (TPSA) is 45.0 Å². The third-order valence-electron chi connectivity index (χ3n) is 3.75. The van der Waals surface area contributed by atoms with Crippen LogP contribution in [0.3, 0.4) is 0 Å². The Kier molecular flexibility index (Phi) is 5.80. The molecular weight excluding hydrogens is 330 g/mol. The fourth-order valence-corrected chi connectivity index (χ4v) is 3.67. The minimum absolute atomic E-state index is 0.0578. The second-order valence-electron chi connectivity index (χ2n) is 5.57. The zero-order valence-corrected chi connectivity index (χ0v) is 14.6. The molecule has 1 heterocycles. The summed E-state index contributed by atoms with van der Waals surface area (Å²) in [6, 6.07) is 19.8. The predicted octanol–water partition coefficient (Wildman–Crippen LogP) is 3.75. The molecule has 1 aliphatic heterocycles. The van der Waals surface area contributed by atoms with Crippen molar-refractivity contribution in [2.45, 2.75) is 11.7 Å². The fourth-order valence-electron chi connectivity index (χ4n) is 2.53. The van der Waals surface area contributed by atoms with Crippen molar-refractivity contribution < 1.29 is 4.79 Å². The van der Waals surface area contributed by atoms with E-state index in [2.05, 4.69) is 16.8 Å². The summed E-state index contributed by atoms with van der Waals surface area (Å²) in [6.07, 6.45) is 4.08. The van der Waals surface area contributed by atoms with Crippen LogP contribution in [-0.4, -0.2) is 34.0 Å². The molecule has 3 rings (SSSR count). The van der Waals surface area contributed by atoms with Crippen LogP contribution in [-0.2, 0) is 11.2 Å². The Morgan fingerprint density at radius 1 is 1.08 bits per heavy atom. The average molecular weight is 349 g/mol. The Morgan fingerprint density at radius 2 is 1.76 bits per heavy atom. The largest absolute Gasteiger partial charge is 0.285 e. The van der Waals surface area contributed by atoms with Crippen LogP contribution in [0.1, 0.15) is 11.1 Å². The van der Waals surface area contributed by atoms with E-state index in [0.717, 1.165) is 11.1 Å². The molecule has 25 heavy (non-hydrogen) atoms. The number of carbonyl (C=O) groups excluding carboxylic acids is 1. The Bertz CT molecular complexity index is 787. The van der Waals surface area contributed by atoms with E-state index >= 15 is 0 Å². The van der Waals surface area contributed by atoms with Gasteiger partial charge in [0, 0.05) is 6.54 Å². The van der Waals surface area contributed by atoms with Crippen LogP contribution >= 0.6 is 11.8 Å². The summed E-state index contributed by atoms with van der Waals surface area (Å²) in [5.41, 5.74) is 2.11. The standard InChI is InChI=1S/C20H19N3OS/c1-2-13-23-19(24)18(14-16-9-5-3-6-10-16)25-20(23)22-21-15-17-11-7-4-8-12-17/h2-12,15,18H,1,13-14H2/b21-15-,22-20+/t18-/m0/s1. The van der Waals surface area contributed by atoms with Gasteiger partial charge in [-0.05, 0) is 17.5 Å². The van der Waals surface area contributed by atoms with Crippen LogP contribution in [0.25, 0.3) is 0 Å². The number of nitrogens with zero attached hydrogens (tertiary/aromatic N) is 3. The van der Waals surface area contributed by atoms with Crippen molar-refractivity contribution in [3.05, 3.63) is 84.4 Å². The molecule has 1 aliphatic rings. The van der Waals surface area contributed by atoms with Gasteiger partial charge in [-0.2, -0.15) is 5.10 Å². The number of rotatable bonds is 6. The molecule has 0 unspecified atom stereocenters. The lowest BCUT2D eigenvalue weighted by atomic mass is 10.1. The van der Waals surface area contributed by atoms with E-state index in [1.807, 2.05) is 60.7 Å². The molecule has 0 aliphatic carbocycles. The lowest BCUT2D eigenvalue weighted by Gasteiger charge is -2.12. The Labute approximate surface area is 152 Å². The van der Waals surface area contributed by atoms with Crippen LogP contribution < -0.4 is 0 Å². The first-order valence-corrected chi connectivity index (χ1v) is 8.95. The highest BCUT2D eigenvalue weighted by Gasteiger charge is 2.37. The van der Waals surface area contributed by atoms with Gasteiger partial charge in [0.1, 0.15) is 0 Å². The van der Waals surface area contributed by atoms with Crippen LogP contribution in [0.15, 0.2) is 83.5 Å². The van der Waals surface area contributed by atoms with Crippen LogP contribution in [0.5, 0.6) is 0 Å². The van der Waals surface area contributed by atoms with E-state index < -0.39 is 0 Å². The van der Waals surface area contributed by atoms with Crippen LogP contribution in [0, 0.1) is 0 Å². The molecule has 4 nitrogen and oxygen atoms in total. The quantitative estimate of drug-likeness (QED) is 0.453. The molecule has 2 aromatic carbocycles. The molecule has 1 atom stereocenters. The highest BCUT2D eigenvalue weighted by Crippen LogP contribution is 2.29. The van der Waals surface area contributed by atoms with Gasteiger partial charge in [0.25, 0.3) is 0 Å². The summed E-state index contributed by atoms with van der Waals surface area (Å²) in [6.45, 7) is 4.17. The third kappa shape index (κ3) is 4.45. The van der Waals surface area contributed by atoms with Gasteiger partial charge < -0.3 is 0 Å². The maximum atomic E-state index is 12.7. The van der Waals surface area contributed by atoms with E-state index in [-0.39, 0.29) is 11.2 Å². The molecule has 2 aromatic rings. The first-order chi connectivity index (χ1) is 12.3. The van der Waals surface area contributed by atoms with Crippen LogP contribution in [0.4, 0.5) is 0 Å². The molecule has 0 spiro atoms. The molecule has 1 fully saturated rings. The molecule has 1 saturated heterocycles. The van der Waals surface area contributed by atoms with Gasteiger partial charge in [-0.1, -0.05) is 78.5 Å².